The molecule has 3 heterocycles. The van der Waals surface area contributed by atoms with Gasteiger partial charge in [0.2, 0.25) is 12.5 Å². The number of hydrogen-bond donors (Lipinski definition) is 0. The first-order valence-corrected chi connectivity index (χ1v) is 11.9. The van der Waals surface area contributed by atoms with Crippen molar-refractivity contribution in [1.82, 2.24) is 4.90 Å². The van der Waals surface area contributed by atoms with E-state index in [0.717, 1.165) is 22.3 Å². The molecule has 9 heteroatoms. The Morgan fingerprint density at radius 1 is 0.919 bits per heavy atom. The van der Waals surface area contributed by atoms with Crippen LogP contribution in [0.3, 0.4) is 0 Å². The lowest BCUT2D eigenvalue weighted by Crippen LogP contribution is -2.36. The average molecular weight is 508 g/mol. The summed E-state index contributed by atoms with van der Waals surface area (Å²) in [5, 5.41) is 0. The molecular formula is C28H26FNO7. The van der Waals surface area contributed by atoms with E-state index in [2.05, 4.69) is 4.90 Å². The Hall–Kier alpha value is -3.98. The molecule has 3 aromatic rings. The number of esters is 1. The topological polar surface area (TPSA) is 75.7 Å². The van der Waals surface area contributed by atoms with Crippen molar-refractivity contribution in [2.75, 3.05) is 41.7 Å². The molecular weight excluding hydrogens is 481 g/mol. The maximum absolute atomic E-state index is 13.8. The predicted octanol–water partition coefficient (Wildman–Crippen LogP) is 4.69. The monoisotopic (exact) mass is 507 g/mol. The molecule has 37 heavy (non-hydrogen) atoms. The molecule has 3 aliphatic rings. The molecule has 6 rings (SSSR count). The van der Waals surface area contributed by atoms with Crippen molar-refractivity contribution in [3.63, 3.8) is 0 Å². The van der Waals surface area contributed by atoms with Gasteiger partial charge in [-0.05, 0) is 42.8 Å². The predicted molar refractivity (Wildman–Crippen MR) is 131 cm³/mol. The first-order chi connectivity index (χ1) is 18.0. The summed E-state index contributed by atoms with van der Waals surface area (Å²) in [6.45, 7) is 0.729. The van der Waals surface area contributed by atoms with Crippen LogP contribution in [0.5, 0.6) is 28.7 Å². The first-order valence-electron chi connectivity index (χ1n) is 11.9. The fourth-order valence-corrected chi connectivity index (χ4v) is 5.75. The van der Waals surface area contributed by atoms with Gasteiger partial charge >= 0.3 is 5.97 Å². The van der Waals surface area contributed by atoms with E-state index < -0.39 is 18.1 Å². The molecule has 0 bridgehead atoms. The van der Waals surface area contributed by atoms with Gasteiger partial charge in [0, 0.05) is 23.2 Å². The SMILES string of the molecule is COc1ccc2c(c1OC)C(=O)O[C@@H]2[C@H]1c2c(c(-c3ccc(F)cc3)c3c(c2OC)OCO3)CCN1C. The van der Waals surface area contributed by atoms with Crippen LogP contribution >= 0.6 is 0 Å². The van der Waals surface area contributed by atoms with E-state index in [0.29, 0.717) is 52.8 Å². The highest BCUT2D eigenvalue weighted by atomic mass is 19.1. The molecule has 0 aliphatic carbocycles. The molecule has 0 fully saturated rings. The number of hydrogen-bond acceptors (Lipinski definition) is 8. The molecule has 3 aromatic carbocycles. The van der Waals surface area contributed by atoms with E-state index in [1.165, 1.54) is 26.4 Å². The van der Waals surface area contributed by atoms with Gasteiger partial charge in [-0.1, -0.05) is 18.2 Å². The number of nitrogens with zero attached hydrogens (tertiary/aromatic N) is 1. The number of benzene rings is 3. The van der Waals surface area contributed by atoms with Crippen molar-refractivity contribution in [2.45, 2.75) is 18.6 Å². The van der Waals surface area contributed by atoms with Crippen LogP contribution in [0.25, 0.3) is 11.1 Å². The minimum Gasteiger partial charge on any atom is -0.493 e. The summed E-state index contributed by atoms with van der Waals surface area (Å²) in [4.78, 5) is 15.3. The van der Waals surface area contributed by atoms with Crippen molar-refractivity contribution in [1.29, 1.82) is 0 Å². The zero-order valence-corrected chi connectivity index (χ0v) is 20.9. The van der Waals surface area contributed by atoms with Gasteiger partial charge in [-0.15, -0.1) is 0 Å². The second-order valence-electron chi connectivity index (χ2n) is 9.14. The van der Waals surface area contributed by atoms with Crippen LogP contribution in [0, 0.1) is 5.82 Å². The van der Waals surface area contributed by atoms with E-state index in [9.17, 15) is 9.18 Å². The maximum Gasteiger partial charge on any atom is 0.343 e. The summed E-state index contributed by atoms with van der Waals surface area (Å²) in [5.74, 6) is 1.59. The lowest BCUT2D eigenvalue weighted by Gasteiger charge is -2.39. The van der Waals surface area contributed by atoms with Crippen LogP contribution in [0.15, 0.2) is 36.4 Å². The number of fused-ring (bicyclic) bond motifs is 3. The largest absolute Gasteiger partial charge is 0.493 e. The molecule has 8 nitrogen and oxygen atoms in total. The third-order valence-corrected chi connectivity index (χ3v) is 7.35. The standard InChI is InChI=1S/C28H26FNO7/c1-30-12-11-16-19(14-5-7-15(29)8-6-14)26-27(36-13-35-26)25(34-4)20(16)22(30)23-17-9-10-18(32-2)24(33-3)21(17)28(31)37-23/h5-10,22-23H,11-13H2,1-4H3/t22-,23+/m1/s1. The third-order valence-electron chi connectivity index (χ3n) is 7.35. The molecule has 0 saturated carbocycles. The summed E-state index contributed by atoms with van der Waals surface area (Å²) in [7, 11) is 6.60. The van der Waals surface area contributed by atoms with Gasteiger partial charge in [0.05, 0.1) is 27.4 Å². The number of likely N-dealkylation sites (N-methyl/N-ethyl adjacent to an activating group) is 1. The van der Waals surface area contributed by atoms with Gasteiger partial charge in [0.15, 0.2) is 23.0 Å². The molecule has 3 aliphatic heterocycles. The molecule has 2 atom stereocenters. The summed E-state index contributed by atoms with van der Waals surface area (Å²) in [6.07, 6.45) is 0.0447. The number of cyclic esters (lactones) is 1. The second kappa shape index (κ2) is 8.85. The Balaban J connectivity index is 1.59. The smallest absolute Gasteiger partial charge is 0.343 e. The van der Waals surface area contributed by atoms with Crippen LogP contribution in [0.4, 0.5) is 4.39 Å². The summed E-state index contributed by atoms with van der Waals surface area (Å²) in [5.41, 5.74) is 4.53. The number of methoxy groups -OCH3 is 3. The summed E-state index contributed by atoms with van der Waals surface area (Å²) >= 11 is 0. The molecule has 0 amide bonds. The molecule has 0 saturated heterocycles. The van der Waals surface area contributed by atoms with Crippen molar-refractivity contribution in [3.05, 3.63) is 64.5 Å². The maximum atomic E-state index is 13.8. The van der Waals surface area contributed by atoms with E-state index in [-0.39, 0.29) is 12.6 Å². The van der Waals surface area contributed by atoms with Gasteiger partial charge in [0.1, 0.15) is 17.5 Å². The zero-order chi connectivity index (χ0) is 25.8. The average Bonchev–Trinajstić information content (AvgIpc) is 3.52. The highest BCUT2D eigenvalue weighted by molar-refractivity contribution is 5.98. The highest BCUT2D eigenvalue weighted by Gasteiger charge is 2.47. The van der Waals surface area contributed by atoms with Crippen LogP contribution in [-0.4, -0.2) is 52.6 Å². The van der Waals surface area contributed by atoms with Gasteiger partial charge in [-0.2, -0.15) is 0 Å². The Labute approximate surface area is 213 Å². The summed E-state index contributed by atoms with van der Waals surface area (Å²) < 4.78 is 48.5. The molecule has 0 N–H and O–H groups in total. The van der Waals surface area contributed by atoms with E-state index >= 15 is 0 Å². The molecule has 0 radical (unpaired) electrons. The van der Waals surface area contributed by atoms with Gasteiger partial charge in [-0.25, -0.2) is 9.18 Å². The number of rotatable bonds is 5. The fraction of sp³-hybridized carbons (Fsp3) is 0.321. The minimum atomic E-state index is -0.637. The van der Waals surface area contributed by atoms with Gasteiger partial charge in [-0.3, -0.25) is 4.90 Å². The fourth-order valence-electron chi connectivity index (χ4n) is 5.75. The van der Waals surface area contributed by atoms with Crippen molar-refractivity contribution in [3.8, 4) is 39.9 Å². The summed E-state index contributed by atoms with van der Waals surface area (Å²) in [6, 6.07) is 9.54. The minimum absolute atomic E-state index is 0.0432. The number of carbonyl (C=O) groups excluding carboxylic acids is 1. The Bertz CT molecular complexity index is 1410. The van der Waals surface area contributed by atoms with Gasteiger partial charge < -0.3 is 28.4 Å². The lowest BCUT2D eigenvalue weighted by atomic mass is 9.81. The Morgan fingerprint density at radius 2 is 1.65 bits per heavy atom. The molecule has 192 valence electrons. The van der Waals surface area contributed by atoms with Crippen LogP contribution < -0.4 is 23.7 Å². The second-order valence-corrected chi connectivity index (χ2v) is 9.14. The molecule has 0 spiro atoms. The number of ether oxygens (including phenoxy) is 6. The number of halogens is 1. The van der Waals surface area contributed by atoms with Crippen molar-refractivity contribution in [2.24, 2.45) is 0 Å². The molecule has 0 unspecified atom stereocenters. The molecule has 0 aromatic heterocycles. The van der Waals surface area contributed by atoms with Crippen molar-refractivity contribution >= 4 is 5.97 Å². The zero-order valence-electron chi connectivity index (χ0n) is 20.9. The van der Waals surface area contributed by atoms with E-state index in [4.69, 9.17) is 28.4 Å². The van der Waals surface area contributed by atoms with Crippen LogP contribution in [0.1, 0.15) is 39.2 Å². The Kier molecular flexibility index (Phi) is 5.60. The number of carbonyl (C=O) groups is 1. The van der Waals surface area contributed by atoms with Crippen LogP contribution in [0.2, 0.25) is 0 Å². The van der Waals surface area contributed by atoms with E-state index in [1.54, 1.807) is 25.3 Å². The first kappa shape index (κ1) is 23.4. The van der Waals surface area contributed by atoms with Crippen molar-refractivity contribution < 1.29 is 37.6 Å². The van der Waals surface area contributed by atoms with Crippen LogP contribution in [-0.2, 0) is 11.2 Å². The van der Waals surface area contributed by atoms with E-state index in [1.807, 2.05) is 13.1 Å². The van der Waals surface area contributed by atoms with Gasteiger partial charge in [0.25, 0.3) is 0 Å². The normalized spacial score (nSPS) is 19.8. The third kappa shape index (κ3) is 3.41. The lowest BCUT2D eigenvalue weighted by molar-refractivity contribution is 0.00877. The Morgan fingerprint density at radius 3 is 2.35 bits per heavy atom. The quantitative estimate of drug-likeness (QED) is 0.461. The highest BCUT2D eigenvalue weighted by Crippen LogP contribution is 2.58.